The maximum atomic E-state index is 13.6. The monoisotopic (exact) mass is 453 g/mol. The number of nitrogens with zero attached hydrogens (tertiary/aromatic N) is 4. The van der Waals surface area contributed by atoms with Crippen LogP contribution in [0.1, 0.15) is 34.8 Å². The van der Waals surface area contributed by atoms with Crippen LogP contribution in [0.2, 0.25) is 0 Å². The largest absolute Gasteiger partial charge is 0.384 e. The molecule has 0 spiro atoms. The number of aryl methyl sites for hydroxylation is 1. The van der Waals surface area contributed by atoms with Crippen molar-refractivity contribution in [3.63, 3.8) is 0 Å². The number of anilines is 1. The standard InChI is InChI=1S/C23H21F2N5O3/c1-14-6-7-15(19-28-21(33-29-19)22(13-32-2)11-23(24,25)12-22)9-16(14)27-20(31)17-10-26-18-5-3-4-8-30(17)18/h3-10H,11-13H2,1-2H3,(H,27,31). The molecule has 3 aromatic heterocycles. The average Bonchev–Trinajstić information content (AvgIpc) is 3.42. The molecule has 0 unspecified atom stereocenters. The van der Waals surface area contributed by atoms with Gasteiger partial charge in [0.05, 0.1) is 18.2 Å². The molecule has 1 aliphatic carbocycles. The molecular formula is C23H21F2N5O3. The number of benzene rings is 1. The van der Waals surface area contributed by atoms with Crippen LogP contribution in [-0.2, 0) is 10.2 Å². The van der Waals surface area contributed by atoms with Gasteiger partial charge >= 0.3 is 0 Å². The van der Waals surface area contributed by atoms with Crippen LogP contribution < -0.4 is 5.32 Å². The van der Waals surface area contributed by atoms with E-state index in [1.54, 1.807) is 22.7 Å². The summed E-state index contributed by atoms with van der Waals surface area (Å²) in [5.41, 5.74) is 2.05. The Balaban J connectivity index is 1.41. The molecule has 33 heavy (non-hydrogen) atoms. The van der Waals surface area contributed by atoms with Crippen molar-refractivity contribution in [2.24, 2.45) is 0 Å². The first kappa shape index (κ1) is 21.2. The Kier molecular flexibility index (Phi) is 4.97. The number of methoxy groups -OCH3 is 1. The normalized spacial score (nSPS) is 16.5. The first-order valence-corrected chi connectivity index (χ1v) is 10.4. The van der Waals surface area contributed by atoms with Crippen molar-refractivity contribution in [1.82, 2.24) is 19.5 Å². The van der Waals surface area contributed by atoms with E-state index in [9.17, 15) is 13.6 Å². The third kappa shape index (κ3) is 3.76. The van der Waals surface area contributed by atoms with Gasteiger partial charge in [-0.25, -0.2) is 13.8 Å². The van der Waals surface area contributed by atoms with Gasteiger partial charge in [-0.15, -0.1) is 0 Å². The summed E-state index contributed by atoms with van der Waals surface area (Å²) in [6, 6.07) is 10.8. The summed E-state index contributed by atoms with van der Waals surface area (Å²) in [5, 5.41) is 6.89. The number of ether oxygens (including phenoxy) is 1. The number of halogens is 2. The van der Waals surface area contributed by atoms with Gasteiger partial charge in [-0.05, 0) is 30.7 Å². The van der Waals surface area contributed by atoms with Crippen molar-refractivity contribution in [2.45, 2.75) is 31.1 Å². The van der Waals surface area contributed by atoms with E-state index in [4.69, 9.17) is 9.26 Å². The average molecular weight is 453 g/mol. The van der Waals surface area contributed by atoms with Gasteiger partial charge in [-0.1, -0.05) is 23.4 Å². The molecule has 10 heteroatoms. The van der Waals surface area contributed by atoms with Crippen molar-refractivity contribution in [1.29, 1.82) is 0 Å². The lowest BCUT2D eigenvalue weighted by Gasteiger charge is -2.43. The van der Waals surface area contributed by atoms with Crippen molar-refractivity contribution >= 4 is 17.2 Å². The molecular weight excluding hydrogens is 432 g/mol. The second-order valence-corrected chi connectivity index (χ2v) is 8.40. The molecule has 0 atom stereocenters. The van der Waals surface area contributed by atoms with Gasteiger partial charge in [0.15, 0.2) is 0 Å². The minimum Gasteiger partial charge on any atom is -0.384 e. The van der Waals surface area contributed by atoms with Gasteiger partial charge in [-0.3, -0.25) is 9.20 Å². The van der Waals surface area contributed by atoms with E-state index in [1.165, 1.54) is 13.3 Å². The third-order valence-corrected chi connectivity index (χ3v) is 5.89. The van der Waals surface area contributed by atoms with E-state index >= 15 is 0 Å². The molecule has 0 saturated heterocycles. The molecule has 1 amide bonds. The van der Waals surface area contributed by atoms with E-state index in [2.05, 4.69) is 20.4 Å². The predicted octanol–water partition coefficient (Wildman–Crippen LogP) is 4.26. The first-order chi connectivity index (χ1) is 15.8. The lowest BCUT2D eigenvalue weighted by molar-refractivity contribution is -0.151. The molecule has 170 valence electrons. The molecule has 0 aliphatic heterocycles. The zero-order chi connectivity index (χ0) is 23.2. The van der Waals surface area contributed by atoms with E-state index < -0.39 is 24.2 Å². The number of carbonyl (C=O) groups excluding carboxylic acids is 1. The Morgan fingerprint density at radius 1 is 1.27 bits per heavy atom. The van der Waals surface area contributed by atoms with Crippen molar-refractivity contribution < 1.29 is 22.8 Å². The summed E-state index contributed by atoms with van der Waals surface area (Å²) in [6.45, 7) is 1.93. The summed E-state index contributed by atoms with van der Waals surface area (Å²) < 4.78 is 39.4. The number of rotatable bonds is 6. The number of fused-ring (bicyclic) bond motifs is 1. The number of hydrogen-bond donors (Lipinski definition) is 1. The first-order valence-electron chi connectivity index (χ1n) is 10.4. The van der Waals surface area contributed by atoms with Crippen LogP contribution in [0, 0.1) is 6.92 Å². The van der Waals surface area contributed by atoms with Crippen LogP contribution in [0.15, 0.2) is 53.3 Å². The highest BCUT2D eigenvalue weighted by atomic mass is 19.3. The fourth-order valence-electron chi connectivity index (χ4n) is 4.27. The van der Waals surface area contributed by atoms with E-state index in [0.29, 0.717) is 22.6 Å². The smallest absolute Gasteiger partial charge is 0.274 e. The highest BCUT2D eigenvalue weighted by Crippen LogP contribution is 2.53. The Bertz CT molecular complexity index is 1340. The van der Waals surface area contributed by atoms with Crippen LogP contribution in [-0.4, -0.2) is 45.1 Å². The Morgan fingerprint density at radius 2 is 2.09 bits per heavy atom. The van der Waals surface area contributed by atoms with Crippen LogP contribution in [0.5, 0.6) is 0 Å². The minimum atomic E-state index is -2.77. The molecule has 0 bridgehead atoms. The summed E-state index contributed by atoms with van der Waals surface area (Å²) in [5.74, 6) is -2.71. The zero-order valence-corrected chi connectivity index (χ0v) is 18.0. The number of amides is 1. The second-order valence-electron chi connectivity index (χ2n) is 8.40. The number of carbonyl (C=O) groups is 1. The van der Waals surface area contributed by atoms with E-state index in [-0.39, 0.29) is 24.2 Å². The van der Waals surface area contributed by atoms with Crippen molar-refractivity contribution in [3.8, 4) is 11.4 Å². The van der Waals surface area contributed by atoms with E-state index in [1.807, 2.05) is 31.2 Å². The number of aromatic nitrogens is 4. The quantitative estimate of drug-likeness (QED) is 0.469. The summed E-state index contributed by atoms with van der Waals surface area (Å²) in [6.07, 6.45) is 2.48. The molecule has 0 radical (unpaired) electrons. The molecule has 1 aromatic carbocycles. The van der Waals surface area contributed by atoms with Crippen LogP contribution in [0.3, 0.4) is 0 Å². The lowest BCUT2D eigenvalue weighted by atomic mass is 9.66. The Labute approximate surface area is 187 Å². The number of hydrogen-bond acceptors (Lipinski definition) is 6. The zero-order valence-electron chi connectivity index (χ0n) is 18.0. The highest BCUT2D eigenvalue weighted by molar-refractivity contribution is 6.04. The van der Waals surface area contributed by atoms with Gasteiger partial charge in [0.2, 0.25) is 17.6 Å². The van der Waals surface area contributed by atoms with Gasteiger partial charge in [0.1, 0.15) is 11.3 Å². The SMILES string of the molecule is COCC1(c2nc(-c3ccc(C)c(NC(=O)c4cnc5ccccn45)c3)no2)CC(F)(F)C1. The molecule has 5 rings (SSSR count). The Morgan fingerprint density at radius 3 is 2.85 bits per heavy atom. The highest BCUT2D eigenvalue weighted by Gasteiger charge is 2.60. The molecule has 1 aliphatic rings. The van der Waals surface area contributed by atoms with Crippen molar-refractivity contribution in [2.75, 3.05) is 19.0 Å². The number of imidazole rings is 1. The van der Waals surface area contributed by atoms with Crippen LogP contribution >= 0.6 is 0 Å². The Hall–Kier alpha value is -3.66. The second kappa shape index (κ2) is 7.73. The van der Waals surface area contributed by atoms with E-state index in [0.717, 1.165) is 5.56 Å². The number of pyridine rings is 1. The lowest BCUT2D eigenvalue weighted by Crippen LogP contribution is -2.52. The number of alkyl halides is 2. The fraction of sp³-hybridized carbons (Fsp3) is 0.304. The van der Waals surface area contributed by atoms with Crippen LogP contribution in [0.25, 0.3) is 17.0 Å². The molecule has 1 fully saturated rings. The predicted molar refractivity (Wildman–Crippen MR) is 115 cm³/mol. The molecule has 4 aromatic rings. The minimum absolute atomic E-state index is 0.0682. The van der Waals surface area contributed by atoms with Gasteiger partial charge in [-0.2, -0.15) is 4.98 Å². The summed E-state index contributed by atoms with van der Waals surface area (Å²) in [4.78, 5) is 21.5. The number of nitrogens with one attached hydrogen (secondary N) is 1. The molecule has 8 nitrogen and oxygen atoms in total. The van der Waals surface area contributed by atoms with Gasteiger partial charge in [0.25, 0.3) is 5.91 Å². The van der Waals surface area contributed by atoms with Gasteiger partial charge < -0.3 is 14.6 Å². The summed E-state index contributed by atoms with van der Waals surface area (Å²) >= 11 is 0. The van der Waals surface area contributed by atoms with Crippen LogP contribution in [0.4, 0.5) is 14.5 Å². The maximum absolute atomic E-state index is 13.6. The molecule has 1 N–H and O–H groups in total. The summed E-state index contributed by atoms with van der Waals surface area (Å²) in [7, 11) is 1.45. The topological polar surface area (TPSA) is 94.5 Å². The maximum Gasteiger partial charge on any atom is 0.274 e. The van der Waals surface area contributed by atoms with Gasteiger partial charge in [0, 0.05) is 37.4 Å². The van der Waals surface area contributed by atoms with Crippen molar-refractivity contribution in [3.05, 3.63) is 65.9 Å². The fourth-order valence-corrected chi connectivity index (χ4v) is 4.27. The molecule has 1 saturated carbocycles. The molecule has 3 heterocycles. The third-order valence-electron chi connectivity index (χ3n) is 5.89.